The molecular weight excluding hydrogens is 180 g/mol. The van der Waals surface area contributed by atoms with E-state index in [1.54, 1.807) is 0 Å². The standard InChI is InChI=1S/C10H16N2O2/c1-9(2)7-4-5-10(9,3)8(6-7)11-12(13)14/h7H,4-6H2,1-3H3/b11-8+/t7-,10+/m0/s1. The van der Waals surface area contributed by atoms with Gasteiger partial charge in [0.15, 0.2) is 5.03 Å². The molecular formula is C10H16N2O2. The van der Waals surface area contributed by atoms with Crippen molar-refractivity contribution in [2.75, 3.05) is 0 Å². The van der Waals surface area contributed by atoms with Gasteiger partial charge in [-0.15, -0.1) is 0 Å². The molecule has 2 aliphatic carbocycles. The van der Waals surface area contributed by atoms with Crippen LogP contribution in [0, 0.1) is 26.9 Å². The number of rotatable bonds is 1. The second-order valence-corrected chi connectivity index (χ2v) is 5.28. The molecule has 4 heteroatoms. The smallest absolute Gasteiger partial charge is 0.190 e. The Bertz CT molecular complexity index is 322. The summed E-state index contributed by atoms with van der Waals surface area (Å²) in [4.78, 5) is 10.4. The summed E-state index contributed by atoms with van der Waals surface area (Å²) in [5.41, 5.74) is 0.954. The van der Waals surface area contributed by atoms with Gasteiger partial charge >= 0.3 is 0 Å². The Kier molecular flexibility index (Phi) is 1.75. The summed E-state index contributed by atoms with van der Waals surface area (Å²) in [5.74, 6) is 0.589. The van der Waals surface area contributed by atoms with Gasteiger partial charge in [0.1, 0.15) is 0 Å². The third kappa shape index (κ3) is 0.967. The summed E-state index contributed by atoms with van der Waals surface area (Å²) in [7, 11) is 0. The molecule has 0 spiro atoms. The van der Waals surface area contributed by atoms with Crippen molar-refractivity contribution in [2.45, 2.75) is 40.0 Å². The van der Waals surface area contributed by atoms with Crippen molar-refractivity contribution in [3.63, 3.8) is 0 Å². The van der Waals surface area contributed by atoms with Crippen LogP contribution in [-0.2, 0) is 0 Å². The Hall–Kier alpha value is -0.930. The van der Waals surface area contributed by atoms with Gasteiger partial charge < -0.3 is 0 Å². The monoisotopic (exact) mass is 196 g/mol. The number of hydrogen-bond donors (Lipinski definition) is 0. The first kappa shape index (κ1) is 9.62. The molecule has 0 amide bonds. The molecule has 2 saturated carbocycles. The third-order valence-corrected chi connectivity index (χ3v) is 4.71. The van der Waals surface area contributed by atoms with Crippen molar-refractivity contribution in [1.82, 2.24) is 0 Å². The second kappa shape index (κ2) is 2.55. The van der Waals surface area contributed by atoms with E-state index < -0.39 is 5.03 Å². The van der Waals surface area contributed by atoms with Gasteiger partial charge in [-0.25, -0.2) is 10.1 Å². The zero-order valence-electron chi connectivity index (χ0n) is 8.91. The Morgan fingerprint density at radius 2 is 2.14 bits per heavy atom. The molecule has 2 aliphatic rings. The van der Waals surface area contributed by atoms with E-state index in [-0.39, 0.29) is 10.8 Å². The summed E-state index contributed by atoms with van der Waals surface area (Å²) >= 11 is 0. The Morgan fingerprint density at radius 1 is 1.50 bits per heavy atom. The average molecular weight is 196 g/mol. The van der Waals surface area contributed by atoms with E-state index in [4.69, 9.17) is 0 Å². The van der Waals surface area contributed by atoms with Crippen LogP contribution >= 0.6 is 0 Å². The number of hydrogen-bond acceptors (Lipinski definition) is 2. The first-order valence-electron chi connectivity index (χ1n) is 5.10. The van der Waals surface area contributed by atoms with Gasteiger partial charge in [0, 0.05) is 5.41 Å². The van der Waals surface area contributed by atoms with Crippen LogP contribution in [0.15, 0.2) is 5.10 Å². The molecule has 14 heavy (non-hydrogen) atoms. The van der Waals surface area contributed by atoms with Crippen molar-refractivity contribution < 1.29 is 5.03 Å². The van der Waals surface area contributed by atoms with Crippen LogP contribution in [-0.4, -0.2) is 10.7 Å². The summed E-state index contributed by atoms with van der Waals surface area (Å²) < 4.78 is 0. The third-order valence-electron chi connectivity index (χ3n) is 4.71. The van der Waals surface area contributed by atoms with E-state index >= 15 is 0 Å². The maximum absolute atomic E-state index is 10.4. The highest BCUT2D eigenvalue weighted by molar-refractivity contribution is 5.93. The maximum Gasteiger partial charge on any atom is 0.190 e. The minimum absolute atomic E-state index is 0.0370. The van der Waals surface area contributed by atoms with Gasteiger partial charge in [-0.2, -0.15) is 0 Å². The highest BCUT2D eigenvalue weighted by Crippen LogP contribution is 2.63. The molecule has 4 nitrogen and oxygen atoms in total. The molecule has 0 unspecified atom stereocenters. The van der Waals surface area contributed by atoms with Gasteiger partial charge in [0.2, 0.25) is 0 Å². The molecule has 0 aliphatic heterocycles. The van der Waals surface area contributed by atoms with Crippen LogP contribution in [0.1, 0.15) is 40.0 Å². The predicted octanol–water partition coefficient (Wildman–Crippen LogP) is 2.47. The summed E-state index contributed by atoms with van der Waals surface area (Å²) in [6.45, 7) is 6.56. The Morgan fingerprint density at radius 3 is 2.50 bits per heavy atom. The molecule has 0 heterocycles. The lowest BCUT2D eigenvalue weighted by Crippen LogP contribution is -2.32. The lowest BCUT2D eigenvalue weighted by Gasteiger charge is -2.33. The maximum atomic E-state index is 10.4. The SMILES string of the molecule is CC1(C)[C@H]2CC[C@]1(C)/C(=N/[N+](=O)[O-])C2. The number of nitrogens with zero attached hydrogens (tertiary/aromatic N) is 2. The fourth-order valence-electron chi connectivity index (χ4n) is 3.18. The van der Waals surface area contributed by atoms with Gasteiger partial charge in [-0.1, -0.05) is 20.8 Å². The molecule has 0 radical (unpaired) electrons. The molecule has 0 aromatic heterocycles. The molecule has 2 fully saturated rings. The van der Waals surface area contributed by atoms with Gasteiger partial charge in [0.05, 0.1) is 10.8 Å². The van der Waals surface area contributed by atoms with Crippen LogP contribution in [0.3, 0.4) is 0 Å². The largest absolute Gasteiger partial charge is 0.233 e. The van der Waals surface area contributed by atoms with Crippen molar-refractivity contribution in [3.8, 4) is 0 Å². The van der Waals surface area contributed by atoms with Crippen LogP contribution in [0.5, 0.6) is 0 Å². The van der Waals surface area contributed by atoms with Crippen LogP contribution in [0.2, 0.25) is 0 Å². The average Bonchev–Trinajstić information content (AvgIpc) is 2.35. The van der Waals surface area contributed by atoms with Crippen LogP contribution in [0.4, 0.5) is 0 Å². The van der Waals surface area contributed by atoms with E-state index in [0.717, 1.165) is 18.6 Å². The lowest BCUT2D eigenvalue weighted by molar-refractivity contribution is -0.485. The van der Waals surface area contributed by atoms with Gasteiger partial charge in [0.25, 0.3) is 0 Å². The first-order chi connectivity index (χ1) is 6.38. The summed E-state index contributed by atoms with van der Waals surface area (Å²) in [5, 5.41) is 13.4. The first-order valence-corrected chi connectivity index (χ1v) is 5.10. The molecule has 0 aromatic rings. The van der Waals surface area contributed by atoms with Crippen LogP contribution in [0.25, 0.3) is 0 Å². The molecule has 0 saturated heterocycles. The summed E-state index contributed by atoms with van der Waals surface area (Å²) in [6, 6.07) is 0. The number of fused-ring (bicyclic) bond motifs is 2. The number of hydrazone groups is 1. The minimum Gasteiger partial charge on any atom is -0.233 e. The summed E-state index contributed by atoms with van der Waals surface area (Å²) in [6.07, 6.45) is 3.07. The second-order valence-electron chi connectivity index (χ2n) is 5.28. The number of nitro groups is 1. The van der Waals surface area contributed by atoms with Crippen molar-refractivity contribution in [3.05, 3.63) is 10.1 Å². The molecule has 0 aromatic carbocycles. The Balaban J connectivity index is 2.41. The van der Waals surface area contributed by atoms with Gasteiger partial charge in [-0.05, 0) is 30.6 Å². The topological polar surface area (TPSA) is 55.5 Å². The zero-order valence-corrected chi connectivity index (χ0v) is 8.91. The molecule has 2 bridgehead atoms. The Labute approximate surface area is 83.5 Å². The fourth-order valence-corrected chi connectivity index (χ4v) is 3.18. The zero-order chi connectivity index (χ0) is 10.6. The highest BCUT2D eigenvalue weighted by Gasteiger charge is 2.61. The van der Waals surface area contributed by atoms with E-state index in [0.29, 0.717) is 5.92 Å². The molecule has 78 valence electrons. The van der Waals surface area contributed by atoms with Crippen LogP contribution < -0.4 is 0 Å². The minimum atomic E-state index is -0.544. The lowest BCUT2D eigenvalue weighted by atomic mass is 9.70. The molecule has 0 N–H and O–H groups in total. The normalized spacial score (nSPS) is 41.9. The fraction of sp³-hybridized carbons (Fsp3) is 0.900. The van der Waals surface area contributed by atoms with Crippen molar-refractivity contribution in [1.29, 1.82) is 0 Å². The highest BCUT2D eigenvalue weighted by atomic mass is 16.7. The predicted molar refractivity (Wildman–Crippen MR) is 53.7 cm³/mol. The van der Waals surface area contributed by atoms with E-state index in [2.05, 4.69) is 25.9 Å². The van der Waals surface area contributed by atoms with E-state index in [9.17, 15) is 10.1 Å². The quantitative estimate of drug-likeness (QED) is 0.478. The molecule has 2 rings (SSSR count). The van der Waals surface area contributed by atoms with Crippen molar-refractivity contribution >= 4 is 5.71 Å². The molecule has 2 atom stereocenters. The van der Waals surface area contributed by atoms with Gasteiger partial charge in [-0.3, -0.25) is 0 Å². The van der Waals surface area contributed by atoms with Crippen molar-refractivity contribution in [2.24, 2.45) is 21.8 Å². The van der Waals surface area contributed by atoms with E-state index in [1.165, 1.54) is 6.42 Å². The van der Waals surface area contributed by atoms with E-state index in [1.807, 2.05) is 0 Å².